The molecular weight excluding hydrogens is 440 g/mol. The summed E-state index contributed by atoms with van der Waals surface area (Å²) in [5.74, 6) is 0.240. The third-order valence-electron chi connectivity index (χ3n) is 7.24. The fraction of sp³-hybridized carbons (Fsp3) is 0.552. The Morgan fingerprint density at radius 1 is 1.06 bits per heavy atom. The van der Waals surface area contributed by atoms with Crippen molar-refractivity contribution in [2.45, 2.75) is 57.1 Å². The molecule has 190 valence electrons. The van der Waals surface area contributed by atoms with Gasteiger partial charge >= 0.3 is 5.97 Å². The molecule has 3 fully saturated rings. The Kier molecular flexibility index (Phi) is 9.57. The molecule has 0 aromatic heterocycles. The maximum Gasteiger partial charge on any atom is 0.304 e. The summed E-state index contributed by atoms with van der Waals surface area (Å²) in [7, 11) is 0. The van der Waals surface area contributed by atoms with E-state index in [2.05, 4.69) is 28.4 Å². The molecule has 6 heteroatoms. The second-order valence-corrected chi connectivity index (χ2v) is 10.2. The van der Waals surface area contributed by atoms with Crippen LogP contribution in [-0.4, -0.2) is 67.5 Å². The Hall–Kier alpha value is -2.41. The maximum absolute atomic E-state index is 10.9. The zero-order valence-corrected chi connectivity index (χ0v) is 20.7. The lowest BCUT2D eigenvalue weighted by atomic mass is 9.73. The summed E-state index contributed by atoms with van der Waals surface area (Å²) in [5, 5.41) is 12.7. The van der Waals surface area contributed by atoms with Crippen molar-refractivity contribution in [1.82, 2.24) is 10.2 Å². The van der Waals surface area contributed by atoms with Crippen LogP contribution in [0, 0.1) is 5.41 Å². The first-order chi connectivity index (χ1) is 17.1. The van der Waals surface area contributed by atoms with Crippen LogP contribution in [-0.2, 0) is 16.0 Å². The molecular formula is C29H40N2O4. The molecule has 2 saturated heterocycles. The van der Waals surface area contributed by atoms with E-state index in [9.17, 15) is 4.79 Å². The molecule has 2 N–H and O–H groups in total. The molecule has 1 saturated carbocycles. The molecule has 1 aliphatic carbocycles. The van der Waals surface area contributed by atoms with E-state index in [0.29, 0.717) is 19.2 Å². The standard InChI is InChI=1S/C23H34N2O4.C6H6/c26-22(27)6-10-25-11-8-23(9-12-25,17-24-19-4-5-19)15-18-2-1-3-20(14-18)29-21-7-13-28-16-21;1-2-4-6-5-3-1/h1-3,14,19,21,24H,4-13,15-17H2,(H,26,27);1-6H. The van der Waals surface area contributed by atoms with Crippen LogP contribution in [0.2, 0.25) is 0 Å². The van der Waals surface area contributed by atoms with Gasteiger partial charge in [0.1, 0.15) is 11.9 Å². The summed E-state index contributed by atoms with van der Waals surface area (Å²) in [6, 6.07) is 21.3. The number of hydrogen-bond acceptors (Lipinski definition) is 5. The minimum Gasteiger partial charge on any atom is -0.488 e. The summed E-state index contributed by atoms with van der Waals surface area (Å²) in [6.07, 6.45) is 7.22. The van der Waals surface area contributed by atoms with Gasteiger partial charge in [-0.2, -0.15) is 0 Å². The number of nitrogens with zero attached hydrogens (tertiary/aromatic N) is 1. The number of piperidine rings is 1. The van der Waals surface area contributed by atoms with E-state index in [1.165, 1.54) is 18.4 Å². The summed E-state index contributed by atoms with van der Waals surface area (Å²) < 4.78 is 11.5. The monoisotopic (exact) mass is 480 g/mol. The van der Waals surface area contributed by atoms with E-state index < -0.39 is 5.97 Å². The average Bonchev–Trinajstić information content (AvgIpc) is 3.58. The lowest BCUT2D eigenvalue weighted by Gasteiger charge is -2.42. The van der Waals surface area contributed by atoms with Crippen LogP contribution in [0.1, 0.15) is 44.1 Å². The van der Waals surface area contributed by atoms with Crippen LogP contribution in [0.4, 0.5) is 0 Å². The predicted octanol–water partition coefficient (Wildman–Crippen LogP) is 4.39. The lowest BCUT2D eigenvalue weighted by molar-refractivity contribution is -0.137. The molecule has 0 spiro atoms. The zero-order valence-electron chi connectivity index (χ0n) is 20.7. The van der Waals surface area contributed by atoms with Gasteiger partial charge < -0.3 is 24.8 Å². The van der Waals surface area contributed by atoms with Crippen LogP contribution >= 0.6 is 0 Å². The Bertz CT molecular complexity index is 862. The van der Waals surface area contributed by atoms with Gasteiger partial charge in [0, 0.05) is 25.6 Å². The number of aliphatic carboxylic acids is 1. The van der Waals surface area contributed by atoms with Gasteiger partial charge in [-0.3, -0.25) is 4.79 Å². The van der Waals surface area contributed by atoms with E-state index in [1.54, 1.807) is 0 Å². The van der Waals surface area contributed by atoms with Gasteiger partial charge in [0.2, 0.25) is 0 Å². The van der Waals surface area contributed by atoms with E-state index in [0.717, 1.165) is 57.7 Å². The second-order valence-electron chi connectivity index (χ2n) is 10.2. The molecule has 2 heterocycles. The van der Waals surface area contributed by atoms with Gasteiger partial charge in [-0.25, -0.2) is 0 Å². The Labute approximate surface area is 209 Å². The first-order valence-corrected chi connectivity index (χ1v) is 13.1. The largest absolute Gasteiger partial charge is 0.488 e. The number of carboxylic acids is 1. The van der Waals surface area contributed by atoms with Gasteiger partial charge in [-0.05, 0) is 68.3 Å². The van der Waals surface area contributed by atoms with Crippen molar-refractivity contribution in [3.63, 3.8) is 0 Å². The highest BCUT2D eigenvalue weighted by Crippen LogP contribution is 2.36. The van der Waals surface area contributed by atoms with Crippen LogP contribution in [0.3, 0.4) is 0 Å². The van der Waals surface area contributed by atoms with Crippen LogP contribution in [0.25, 0.3) is 0 Å². The van der Waals surface area contributed by atoms with E-state index >= 15 is 0 Å². The quantitative estimate of drug-likeness (QED) is 0.526. The number of ether oxygens (including phenoxy) is 2. The Balaban J connectivity index is 0.000000421. The number of carbonyl (C=O) groups is 1. The van der Waals surface area contributed by atoms with Gasteiger partial charge in [-0.1, -0.05) is 48.5 Å². The number of rotatable bonds is 10. The fourth-order valence-corrected chi connectivity index (χ4v) is 4.91. The predicted molar refractivity (Wildman–Crippen MR) is 138 cm³/mol. The van der Waals surface area contributed by atoms with E-state index in [4.69, 9.17) is 14.6 Å². The lowest BCUT2D eigenvalue weighted by Crippen LogP contribution is -2.47. The molecule has 2 aliphatic heterocycles. The molecule has 2 aromatic carbocycles. The normalized spacial score (nSPS) is 21.7. The SMILES string of the molecule is O=C(O)CCN1CCC(CNC2CC2)(Cc2cccc(OC3CCOC3)c2)CC1.c1ccccc1. The van der Waals surface area contributed by atoms with Crippen LogP contribution in [0.5, 0.6) is 5.75 Å². The molecule has 5 rings (SSSR count). The molecule has 35 heavy (non-hydrogen) atoms. The zero-order chi connectivity index (χ0) is 24.3. The summed E-state index contributed by atoms with van der Waals surface area (Å²) in [4.78, 5) is 13.2. The molecule has 0 amide bonds. The Morgan fingerprint density at radius 3 is 2.37 bits per heavy atom. The molecule has 6 nitrogen and oxygen atoms in total. The second kappa shape index (κ2) is 13.1. The molecule has 1 atom stereocenters. The van der Waals surface area contributed by atoms with E-state index in [-0.39, 0.29) is 17.9 Å². The minimum atomic E-state index is -0.707. The first kappa shape index (κ1) is 25.7. The van der Waals surface area contributed by atoms with E-state index in [1.807, 2.05) is 42.5 Å². The summed E-state index contributed by atoms with van der Waals surface area (Å²) >= 11 is 0. The number of benzene rings is 2. The highest BCUT2D eigenvalue weighted by Gasteiger charge is 2.36. The molecule has 2 aromatic rings. The average molecular weight is 481 g/mol. The van der Waals surface area contributed by atoms with Crippen molar-refractivity contribution < 1.29 is 19.4 Å². The molecule has 1 unspecified atom stereocenters. The third-order valence-corrected chi connectivity index (χ3v) is 7.24. The number of likely N-dealkylation sites (tertiary alicyclic amines) is 1. The summed E-state index contributed by atoms with van der Waals surface area (Å²) in [5.41, 5.74) is 1.57. The smallest absolute Gasteiger partial charge is 0.304 e. The topological polar surface area (TPSA) is 71.0 Å². The highest BCUT2D eigenvalue weighted by atomic mass is 16.5. The van der Waals surface area contributed by atoms with Crippen LogP contribution in [0.15, 0.2) is 60.7 Å². The van der Waals surface area contributed by atoms with Crippen molar-refractivity contribution in [2.24, 2.45) is 5.41 Å². The van der Waals surface area contributed by atoms with Gasteiger partial charge in [0.05, 0.1) is 19.6 Å². The fourth-order valence-electron chi connectivity index (χ4n) is 4.91. The van der Waals surface area contributed by atoms with Crippen molar-refractivity contribution >= 4 is 5.97 Å². The van der Waals surface area contributed by atoms with Gasteiger partial charge in [-0.15, -0.1) is 0 Å². The highest BCUT2D eigenvalue weighted by molar-refractivity contribution is 5.66. The van der Waals surface area contributed by atoms with Crippen molar-refractivity contribution in [3.05, 3.63) is 66.2 Å². The number of hydrogen-bond donors (Lipinski definition) is 2. The maximum atomic E-state index is 10.9. The van der Waals surface area contributed by atoms with Gasteiger partial charge in [0.15, 0.2) is 0 Å². The van der Waals surface area contributed by atoms with Crippen LogP contribution < -0.4 is 10.1 Å². The van der Waals surface area contributed by atoms with Crippen molar-refractivity contribution in [1.29, 1.82) is 0 Å². The number of nitrogens with one attached hydrogen (secondary N) is 1. The van der Waals surface area contributed by atoms with Crippen molar-refractivity contribution in [2.75, 3.05) is 39.4 Å². The third kappa shape index (κ3) is 8.95. The summed E-state index contributed by atoms with van der Waals surface area (Å²) in [6.45, 7) is 5.15. The first-order valence-electron chi connectivity index (χ1n) is 13.1. The number of carboxylic acid groups (broad SMARTS) is 1. The molecule has 0 bridgehead atoms. The van der Waals surface area contributed by atoms with Crippen molar-refractivity contribution in [3.8, 4) is 5.75 Å². The molecule has 0 radical (unpaired) electrons. The van der Waals surface area contributed by atoms with Gasteiger partial charge in [0.25, 0.3) is 0 Å². The minimum absolute atomic E-state index is 0.174. The Morgan fingerprint density at radius 2 is 1.77 bits per heavy atom. The molecule has 3 aliphatic rings.